The number of likely N-dealkylation sites (N-methyl/N-ethyl adjacent to an activating group) is 1. The minimum absolute atomic E-state index is 0.223. The Balaban J connectivity index is 1.50. The quantitative estimate of drug-likeness (QED) is 0.917. The molecule has 0 amide bonds. The van der Waals surface area contributed by atoms with Crippen LogP contribution in [0.15, 0.2) is 29.6 Å². The van der Waals surface area contributed by atoms with Crippen molar-refractivity contribution in [3.8, 4) is 10.6 Å². The highest BCUT2D eigenvalue weighted by Gasteiger charge is 2.17. The number of halogens is 1. The molecule has 22 heavy (non-hydrogen) atoms. The molecule has 1 fully saturated rings. The molecule has 1 saturated heterocycles. The van der Waals surface area contributed by atoms with Crippen LogP contribution in [-0.4, -0.2) is 49.3 Å². The highest BCUT2D eigenvalue weighted by molar-refractivity contribution is 7.13. The lowest BCUT2D eigenvalue weighted by Gasteiger charge is -2.30. The average molecular weight is 321 g/mol. The van der Waals surface area contributed by atoms with Crippen LogP contribution in [0, 0.1) is 5.82 Å². The van der Waals surface area contributed by atoms with E-state index in [1.54, 1.807) is 23.5 Å². The van der Waals surface area contributed by atoms with Gasteiger partial charge in [0.2, 0.25) is 0 Å². The van der Waals surface area contributed by atoms with Crippen molar-refractivity contribution in [1.82, 2.24) is 15.2 Å². The minimum Gasteiger partial charge on any atom is -0.374 e. The predicted octanol–water partition coefficient (Wildman–Crippen LogP) is 2.37. The summed E-state index contributed by atoms with van der Waals surface area (Å²) < 4.78 is 18.7. The van der Waals surface area contributed by atoms with E-state index in [-0.39, 0.29) is 11.9 Å². The lowest BCUT2D eigenvalue weighted by atomic mass is 10.2. The summed E-state index contributed by atoms with van der Waals surface area (Å²) in [6.45, 7) is 4.32. The summed E-state index contributed by atoms with van der Waals surface area (Å²) >= 11 is 1.58. The Morgan fingerprint density at radius 1 is 1.41 bits per heavy atom. The van der Waals surface area contributed by atoms with Gasteiger partial charge in [0.05, 0.1) is 18.4 Å². The number of thiazole rings is 1. The molecule has 6 heteroatoms. The second kappa shape index (κ2) is 7.28. The Bertz CT molecular complexity index is 602. The normalized spacial score (nSPS) is 19.5. The van der Waals surface area contributed by atoms with E-state index in [0.717, 1.165) is 49.1 Å². The van der Waals surface area contributed by atoms with E-state index >= 15 is 0 Å². The van der Waals surface area contributed by atoms with Crippen LogP contribution in [0.25, 0.3) is 10.6 Å². The van der Waals surface area contributed by atoms with Crippen LogP contribution in [0.5, 0.6) is 0 Å². The summed E-state index contributed by atoms with van der Waals surface area (Å²) in [5.41, 5.74) is 1.96. The fourth-order valence-corrected chi connectivity index (χ4v) is 3.29. The van der Waals surface area contributed by atoms with Gasteiger partial charge in [0, 0.05) is 37.1 Å². The maximum atomic E-state index is 12.9. The summed E-state index contributed by atoms with van der Waals surface area (Å²) in [6.07, 6.45) is 0.244. The van der Waals surface area contributed by atoms with Crippen LogP contribution in [0.3, 0.4) is 0 Å². The van der Waals surface area contributed by atoms with Crippen molar-refractivity contribution in [2.24, 2.45) is 0 Å². The van der Waals surface area contributed by atoms with Crippen molar-refractivity contribution in [2.75, 3.05) is 33.3 Å². The fourth-order valence-electron chi connectivity index (χ4n) is 2.46. The van der Waals surface area contributed by atoms with Gasteiger partial charge in [-0.1, -0.05) is 0 Å². The minimum atomic E-state index is -0.223. The Hall–Kier alpha value is -1.34. The molecule has 118 valence electrons. The van der Waals surface area contributed by atoms with Crippen molar-refractivity contribution in [1.29, 1.82) is 0 Å². The molecule has 1 aliphatic rings. The third-order valence-electron chi connectivity index (χ3n) is 3.66. The molecule has 1 atom stereocenters. The second-order valence-electron chi connectivity index (χ2n) is 5.54. The van der Waals surface area contributed by atoms with E-state index in [2.05, 4.69) is 22.2 Å². The highest BCUT2D eigenvalue weighted by Crippen LogP contribution is 2.23. The number of benzene rings is 1. The van der Waals surface area contributed by atoms with Gasteiger partial charge < -0.3 is 15.0 Å². The topological polar surface area (TPSA) is 37.4 Å². The van der Waals surface area contributed by atoms with Crippen LogP contribution in [0.4, 0.5) is 4.39 Å². The lowest BCUT2D eigenvalue weighted by Crippen LogP contribution is -2.44. The first-order valence-electron chi connectivity index (χ1n) is 7.42. The van der Waals surface area contributed by atoms with Crippen LogP contribution in [0.2, 0.25) is 0 Å². The summed E-state index contributed by atoms with van der Waals surface area (Å²) in [5, 5.41) is 6.36. The third kappa shape index (κ3) is 4.10. The van der Waals surface area contributed by atoms with Crippen molar-refractivity contribution in [3.63, 3.8) is 0 Å². The first-order chi connectivity index (χ1) is 10.7. The molecule has 3 rings (SSSR count). The Labute approximate surface area is 133 Å². The maximum absolute atomic E-state index is 12.9. The first kappa shape index (κ1) is 15.6. The van der Waals surface area contributed by atoms with E-state index < -0.39 is 0 Å². The Morgan fingerprint density at radius 2 is 2.23 bits per heavy atom. The summed E-state index contributed by atoms with van der Waals surface area (Å²) in [6, 6.07) is 6.45. The van der Waals surface area contributed by atoms with E-state index in [9.17, 15) is 4.39 Å². The van der Waals surface area contributed by atoms with Crippen molar-refractivity contribution >= 4 is 11.3 Å². The monoisotopic (exact) mass is 321 g/mol. The van der Waals surface area contributed by atoms with Gasteiger partial charge >= 0.3 is 0 Å². The largest absolute Gasteiger partial charge is 0.374 e. The molecule has 0 bridgehead atoms. The molecule has 1 N–H and O–H groups in total. The molecular formula is C16H20FN3OS. The molecule has 1 aliphatic heterocycles. The number of hydrogen-bond donors (Lipinski definition) is 1. The van der Waals surface area contributed by atoms with Crippen molar-refractivity contribution < 1.29 is 9.13 Å². The van der Waals surface area contributed by atoms with Crippen LogP contribution >= 0.6 is 11.3 Å². The van der Waals surface area contributed by atoms with Gasteiger partial charge in [-0.05, 0) is 31.3 Å². The number of aromatic nitrogens is 1. The Morgan fingerprint density at radius 3 is 3.00 bits per heavy atom. The zero-order valence-electron chi connectivity index (χ0n) is 12.6. The van der Waals surface area contributed by atoms with Crippen LogP contribution in [-0.2, 0) is 11.3 Å². The van der Waals surface area contributed by atoms with Gasteiger partial charge in [0.15, 0.2) is 0 Å². The molecule has 1 unspecified atom stereocenters. The van der Waals surface area contributed by atoms with Gasteiger partial charge in [0.1, 0.15) is 10.8 Å². The number of hydrogen-bond acceptors (Lipinski definition) is 5. The molecular weight excluding hydrogens is 301 g/mol. The molecule has 0 saturated carbocycles. The number of rotatable bonds is 5. The average Bonchev–Trinajstić information content (AvgIpc) is 2.97. The fraction of sp³-hybridized carbons (Fsp3) is 0.438. The van der Waals surface area contributed by atoms with Crippen LogP contribution < -0.4 is 5.32 Å². The molecule has 4 nitrogen and oxygen atoms in total. The number of morpholine rings is 1. The standard InChI is InChI=1S/C16H20FN3OS/c1-20-6-7-21-15(10-20)9-18-8-14-11-22-16(19-14)12-2-4-13(17)5-3-12/h2-5,11,15,18H,6-10H2,1H3. The van der Waals surface area contributed by atoms with Crippen molar-refractivity contribution in [2.45, 2.75) is 12.6 Å². The molecule has 0 aliphatic carbocycles. The first-order valence-corrected chi connectivity index (χ1v) is 8.30. The predicted molar refractivity (Wildman–Crippen MR) is 86.5 cm³/mol. The molecule has 2 heterocycles. The van der Waals surface area contributed by atoms with Gasteiger partial charge in [-0.2, -0.15) is 0 Å². The highest BCUT2D eigenvalue weighted by atomic mass is 32.1. The van der Waals surface area contributed by atoms with E-state index in [0.29, 0.717) is 0 Å². The van der Waals surface area contributed by atoms with Gasteiger partial charge in [-0.25, -0.2) is 9.37 Å². The van der Waals surface area contributed by atoms with E-state index in [1.807, 2.05) is 5.38 Å². The smallest absolute Gasteiger partial charge is 0.123 e. The zero-order chi connectivity index (χ0) is 15.4. The second-order valence-corrected chi connectivity index (χ2v) is 6.39. The van der Waals surface area contributed by atoms with E-state index in [1.165, 1.54) is 12.1 Å². The number of nitrogens with one attached hydrogen (secondary N) is 1. The molecule has 2 aromatic rings. The maximum Gasteiger partial charge on any atom is 0.123 e. The number of nitrogens with zero attached hydrogens (tertiary/aromatic N) is 2. The molecule has 0 spiro atoms. The lowest BCUT2D eigenvalue weighted by molar-refractivity contribution is -0.0182. The zero-order valence-corrected chi connectivity index (χ0v) is 13.4. The SMILES string of the molecule is CN1CCOC(CNCc2csc(-c3ccc(F)cc3)n2)C1. The molecule has 1 aromatic heterocycles. The molecule has 0 radical (unpaired) electrons. The van der Waals surface area contributed by atoms with Gasteiger partial charge in [0.25, 0.3) is 0 Å². The van der Waals surface area contributed by atoms with Crippen molar-refractivity contribution in [3.05, 3.63) is 41.2 Å². The van der Waals surface area contributed by atoms with Crippen LogP contribution in [0.1, 0.15) is 5.69 Å². The summed E-state index contributed by atoms with van der Waals surface area (Å²) in [4.78, 5) is 6.87. The summed E-state index contributed by atoms with van der Waals surface area (Å²) in [5.74, 6) is -0.223. The Kier molecular flexibility index (Phi) is 5.15. The molecule has 1 aromatic carbocycles. The number of ether oxygens (including phenoxy) is 1. The van der Waals surface area contributed by atoms with Gasteiger partial charge in [-0.3, -0.25) is 0 Å². The summed E-state index contributed by atoms with van der Waals surface area (Å²) in [7, 11) is 2.12. The van der Waals surface area contributed by atoms with Gasteiger partial charge in [-0.15, -0.1) is 11.3 Å². The third-order valence-corrected chi connectivity index (χ3v) is 4.60. The van der Waals surface area contributed by atoms with E-state index in [4.69, 9.17) is 4.74 Å².